The summed E-state index contributed by atoms with van der Waals surface area (Å²) in [4.78, 5) is 15.1. The largest absolute Gasteiger partial charge is 0.399 e. The highest BCUT2D eigenvalue weighted by atomic mass is 32.2. The van der Waals surface area contributed by atoms with Crippen molar-refractivity contribution in [3.63, 3.8) is 0 Å². The van der Waals surface area contributed by atoms with Crippen molar-refractivity contribution >= 4 is 29.0 Å². The number of carbonyl (C=O) groups excluding carboxylic acids is 1. The van der Waals surface area contributed by atoms with Crippen molar-refractivity contribution in [3.05, 3.63) is 54.1 Å². The standard InChI is InChI=1S/C16H13N3OS/c17-8-9-19-13-7-6-12(18)10-14(13)21-15(16(19)20)11-4-2-1-3-5-11/h1-7,10,15H,9,18H2. The Morgan fingerprint density at radius 1 is 1.24 bits per heavy atom. The Morgan fingerprint density at radius 2 is 2.00 bits per heavy atom. The van der Waals surface area contributed by atoms with Crippen molar-refractivity contribution in [1.82, 2.24) is 0 Å². The number of amides is 1. The van der Waals surface area contributed by atoms with E-state index in [2.05, 4.69) is 6.07 Å². The van der Waals surface area contributed by atoms with Crippen LogP contribution in [0.1, 0.15) is 10.8 Å². The zero-order valence-electron chi connectivity index (χ0n) is 11.2. The van der Waals surface area contributed by atoms with Gasteiger partial charge in [0, 0.05) is 10.6 Å². The number of nitriles is 1. The molecule has 1 aliphatic heterocycles. The Balaban J connectivity index is 2.07. The highest BCUT2D eigenvalue weighted by Gasteiger charge is 2.34. The number of hydrogen-bond acceptors (Lipinski definition) is 4. The number of nitrogens with two attached hydrogens (primary N) is 1. The van der Waals surface area contributed by atoms with E-state index in [4.69, 9.17) is 11.0 Å². The fraction of sp³-hybridized carbons (Fsp3) is 0.125. The van der Waals surface area contributed by atoms with Crippen LogP contribution in [0.15, 0.2) is 53.4 Å². The molecular weight excluding hydrogens is 282 g/mol. The molecular formula is C16H13N3OS. The first-order valence-electron chi connectivity index (χ1n) is 6.50. The van der Waals surface area contributed by atoms with Gasteiger partial charge >= 0.3 is 0 Å². The van der Waals surface area contributed by atoms with Crippen LogP contribution in [0.2, 0.25) is 0 Å². The van der Waals surface area contributed by atoms with Crippen LogP contribution in [0.3, 0.4) is 0 Å². The quantitative estimate of drug-likeness (QED) is 0.683. The van der Waals surface area contributed by atoms with Crippen LogP contribution < -0.4 is 10.6 Å². The molecule has 2 N–H and O–H groups in total. The van der Waals surface area contributed by atoms with E-state index in [1.54, 1.807) is 12.1 Å². The van der Waals surface area contributed by atoms with Gasteiger partial charge in [0.25, 0.3) is 0 Å². The third kappa shape index (κ3) is 2.46. The van der Waals surface area contributed by atoms with Crippen LogP contribution in [0.5, 0.6) is 0 Å². The van der Waals surface area contributed by atoms with Crippen molar-refractivity contribution in [1.29, 1.82) is 5.26 Å². The molecule has 0 aliphatic carbocycles. The number of thioether (sulfide) groups is 1. The molecule has 0 radical (unpaired) electrons. The Hall–Kier alpha value is -2.45. The molecule has 0 bridgehead atoms. The third-order valence-electron chi connectivity index (χ3n) is 3.34. The van der Waals surface area contributed by atoms with Gasteiger partial charge in [0.05, 0.1) is 11.8 Å². The first-order valence-corrected chi connectivity index (χ1v) is 7.38. The van der Waals surface area contributed by atoms with E-state index in [0.29, 0.717) is 5.69 Å². The summed E-state index contributed by atoms with van der Waals surface area (Å²) in [5, 5.41) is 8.66. The molecule has 1 unspecified atom stereocenters. The predicted molar refractivity (Wildman–Crippen MR) is 83.9 cm³/mol. The van der Waals surface area contributed by atoms with Gasteiger partial charge in [-0.1, -0.05) is 30.3 Å². The number of anilines is 2. The van der Waals surface area contributed by atoms with E-state index in [0.717, 1.165) is 16.1 Å². The topological polar surface area (TPSA) is 70.1 Å². The summed E-state index contributed by atoms with van der Waals surface area (Å²) in [6, 6.07) is 17.1. The van der Waals surface area contributed by atoms with Crippen LogP contribution in [0, 0.1) is 11.3 Å². The molecule has 1 aliphatic rings. The van der Waals surface area contributed by atoms with Gasteiger partial charge < -0.3 is 5.73 Å². The van der Waals surface area contributed by atoms with Crippen molar-refractivity contribution in [3.8, 4) is 6.07 Å². The third-order valence-corrected chi connectivity index (χ3v) is 4.63. The fourth-order valence-electron chi connectivity index (χ4n) is 2.36. The summed E-state index contributed by atoms with van der Waals surface area (Å²) < 4.78 is 0. The normalized spacial score (nSPS) is 17.2. The average molecular weight is 295 g/mol. The van der Waals surface area contributed by atoms with Crippen LogP contribution >= 0.6 is 11.8 Å². The first-order chi connectivity index (χ1) is 10.2. The second-order valence-electron chi connectivity index (χ2n) is 4.72. The van der Waals surface area contributed by atoms with Gasteiger partial charge in [-0.05, 0) is 23.8 Å². The average Bonchev–Trinajstić information content (AvgIpc) is 2.51. The highest BCUT2D eigenvalue weighted by molar-refractivity contribution is 8.00. The lowest BCUT2D eigenvalue weighted by Gasteiger charge is -2.32. The molecule has 0 aromatic heterocycles. The van der Waals surface area contributed by atoms with Crippen molar-refractivity contribution in [2.45, 2.75) is 10.1 Å². The van der Waals surface area contributed by atoms with Crippen LogP contribution in [0.4, 0.5) is 11.4 Å². The predicted octanol–water partition coefficient (Wildman–Crippen LogP) is 2.97. The number of fused-ring (bicyclic) bond motifs is 1. The lowest BCUT2D eigenvalue weighted by molar-refractivity contribution is -0.118. The zero-order valence-corrected chi connectivity index (χ0v) is 12.0. The number of carbonyl (C=O) groups is 1. The van der Waals surface area contributed by atoms with E-state index < -0.39 is 0 Å². The van der Waals surface area contributed by atoms with E-state index >= 15 is 0 Å². The summed E-state index contributed by atoms with van der Waals surface area (Å²) in [7, 11) is 0. The van der Waals surface area contributed by atoms with Crippen molar-refractivity contribution in [2.75, 3.05) is 17.2 Å². The lowest BCUT2D eigenvalue weighted by Crippen LogP contribution is -2.37. The van der Waals surface area contributed by atoms with E-state index in [9.17, 15) is 4.79 Å². The van der Waals surface area contributed by atoms with Gasteiger partial charge in [-0.25, -0.2) is 0 Å². The number of hydrogen-bond donors (Lipinski definition) is 1. The van der Waals surface area contributed by atoms with E-state index in [1.165, 1.54) is 16.7 Å². The van der Waals surface area contributed by atoms with Crippen molar-refractivity contribution < 1.29 is 4.79 Å². The molecule has 3 rings (SSSR count). The van der Waals surface area contributed by atoms with Gasteiger partial charge in [0.1, 0.15) is 11.8 Å². The molecule has 0 saturated carbocycles. The Morgan fingerprint density at radius 3 is 2.71 bits per heavy atom. The van der Waals surface area contributed by atoms with Crippen LogP contribution in [-0.4, -0.2) is 12.5 Å². The first kappa shape index (κ1) is 13.5. The zero-order chi connectivity index (χ0) is 14.8. The molecule has 0 saturated heterocycles. The second kappa shape index (κ2) is 5.51. The second-order valence-corrected chi connectivity index (χ2v) is 5.87. The minimum absolute atomic E-state index is 0.0413. The highest BCUT2D eigenvalue weighted by Crippen LogP contribution is 2.46. The molecule has 1 atom stereocenters. The maximum absolute atomic E-state index is 12.7. The molecule has 1 amide bonds. The maximum atomic E-state index is 12.7. The van der Waals surface area contributed by atoms with Gasteiger partial charge in [-0.2, -0.15) is 5.26 Å². The summed E-state index contributed by atoms with van der Waals surface area (Å²) in [6.45, 7) is 0.0413. The summed E-state index contributed by atoms with van der Waals surface area (Å²) in [5.41, 5.74) is 8.18. The maximum Gasteiger partial charge on any atom is 0.245 e. The summed E-state index contributed by atoms with van der Waals surface area (Å²) in [6.07, 6.45) is 0. The van der Waals surface area contributed by atoms with Gasteiger partial charge in [0.2, 0.25) is 5.91 Å². The Bertz CT molecular complexity index is 724. The molecule has 2 aromatic rings. The lowest BCUT2D eigenvalue weighted by atomic mass is 10.1. The molecule has 1 heterocycles. The number of benzene rings is 2. The van der Waals surface area contributed by atoms with Crippen molar-refractivity contribution in [2.24, 2.45) is 0 Å². The SMILES string of the molecule is N#CCN1C(=O)C(c2ccccc2)Sc2cc(N)ccc21. The molecule has 0 spiro atoms. The number of nitrogens with zero attached hydrogens (tertiary/aromatic N) is 2. The summed E-state index contributed by atoms with van der Waals surface area (Å²) >= 11 is 1.48. The number of rotatable bonds is 2. The fourth-order valence-corrected chi connectivity index (χ4v) is 3.64. The Labute approximate surface area is 127 Å². The smallest absolute Gasteiger partial charge is 0.245 e. The van der Waals surface area contributed by atoms with Crippen LogP contribution in [-0.2, 0) is 4.79 Å². The van der Waals surface area contributed by atoms with Crippen LogP contribution in [0.25, 0.3) is 0 Å². The monoisotopic (exact) mass is 295 g/mol. The molecule has 4 nitrogen and oxygen atoms in total. The van der Waals surface area contributed by atoms with E-state index in [1.807, 2.05) is 36.4 Å². The van der Waals surface area contributed by atoms with Gasteiger partial charge in [0.15, 0.2) is 0 Å². The van der Waals surface area contributed by atoms with E-state index in [-0.39, 0.29) is 17.7 Å². The minimum atomic E-state index is -0.339. The van der Waals surface area contributed by atoms with Gasteiger partial charge in [-0.3, -0.25) is 9.69 Å². The summed E-state index contributed by atoms with van der Waals surface area (Å²) in [5.74, 6) is -0.0648. The molecule has 0 fully saturated rings. The molecule has 2 aromatic carbocycles. The molecule has 21 heavy (non-hydrogen) atoms. The van der Waals surface area contributed by atoms with Gasteiger partial charge in [-0.15, -0.1) is 11.8 Å². The Kier molecular flexibility index (Phi) is 3.55. The minimum Gasteiger partial charge on any atom is -0.399 e. The molecule has 5 heteroatoms. The molecule has 104 valence electrons. The number of nitrogen functional groups attached to an aromatic ring is 1.